The van der Waals surface area contributed by atoms with Gasteiger partial charge in [0, 0.05) is 37.2 Å². The zero-order chi connectivity index (χ0) is 26.3. The van der Waals surface area contributed by atoms with Crippen LogP contribution in [0.4, 0.5) is 8.78 Å². The molecule has 0 radical (unpaired) electrons. The molecule has 1 aliphatic heterocycles. The maximum Gasteiger partial charge on any atom is 0.248 e. The van der Waals surface area contributed by atoms with Crippen LogP contribution >= 0.6 is 0 Å². The summed E-state index contributed by atoms with van der Waals surface area (Å²) in [5, 5.41) is 3.92. The highest BCUT2D eigenvalue weighted by atomic mass is 32.2. The number of amides is 1. The second kappa shape index (κ2) is 9.72. The second-order valence-corrected chi connectivity index (χ2v) is 12.0. The van der Waals surface area contributed by atoms with Crippen LogP contribution in [0.25, 0.3) is 11.0 Å². The number of furan rings is 1. The van der Waals surface area contributed by atoms with Gasteiger partial charge < -0.3 is 14.5 Å². The van der Waals surface area contributed by atoms with Crippen LogP contribution in [0.15, 0.2) is 64.1 Å². The second-order valence-electron chi connectivity index (χ2n) is 10.0. The molecule has 1 saturated heterocycles. The number of methoxy groups -OCH3 is 1. The molecule has 1 aromatic heterocycles. The molecule has 37 heavy (non-hydrogen) atoms. The summed E-state index contributed by atoms with van der Waals surface area (Å²) in [7, 11) is -2.03. The minimum atomic E-state index is -3.55. The topological polar surface area (TPSA) is 95.6 Å². The van der Waals surface area contributed by atoms with E-state index in [4.69, 9.17) is 13.9 Å². The number of ether oxygens (including phenoxy) is 1. The molecule has 0 bridgehead atoms. The molecule has 1 amide bonds. The summed E-state index contributed by atoms with van der Waals surface area (Å²) in [5.74, 6) is -2.50. The number of rotatable bonds is 7. The molecule has 2 fully saturated rings. The molecule has 2 atom stereocenters. The van der Waals surface area contributed by atoms with Gasteiger partial charge in [0.25, 0.3) is 0 Å². The van der Waals surface area contributed by atoms with Crippen molar-refractivity contribution in [2.75, 3.05) is 13.7 Å². The van der Waals surface area contributed by atoms with Gasteiger partial charge in [0.05, 0.1) is 18.3 Å². The van der Waals surface area contributed by atoms with E-state index in [-0.39, 0.29) is 48.9 Å². The molecule has 2 N–H and O–H groups in total. The molecule has 198 valence electrons. The van der Waals surface area contributed by atoms with E-state index in [0.717, 1.165) is 10.9 Å². The fraction of sp³-hybridized carbons (Fsp3) is 0.444. The first-order valence-corrected chi connectivity index (χ1v) is 14.0. The molecule has 10 heteroatoms. The Hall–Kier alpha value is -2.98. The van der Waals surface area contributed by atoms with Crippen molar-refractivity contribution in [1.82, 2.24) is 9.62 Å². The predicted octanol–water partition coefficient (Wildman–Crippen LogP) is 5.53. The Bertz CT molecular complexity index is 1380. The SMILES string of the molecule is COc1ccc([S@@](=N)(=O)N2CCCC2(Cc2ccc3ccoc3c2)C(=O)NC2CCC(F)(F)CC2)cc1. The number of nitrogens with one attached hydrogen (secondary N) is 2. The van der Waals surface area contributed by atoms with Crippen molar-refractivity contribution in [3.63, 3.8) is 0 Å². The molecule has 3 aromatic rings. The lowest BCUT2D eigenvalue weighted by Gasteiger charge is -2.40. The third-order valence-corrected chi connectivity index (χ3v) is 9.67. The summed E-state index contributed by atoms with van der Waals surface area (Å²) in [5.41, 5.74) is 0.206. The van der Waals surface area contributed by atoms with Crippen LogP contribution < -0.4 is 10.1 Å². The Kier molecular flexibility index (Phi) is 6.74. The van der Waals surface area contributed by atoms with E-state index in [2.05, 4.69) is 5.32 Å². The van der Waals surface area contributed by atoms with Gasteiger partial charge in [-0.3, -0.25) is 4.79 Å². The number of hydrogen-bond donors (Lipinski definition) is 2. The van der Waals surface area contributed by atoms with Crippen LogP contribution in [0.3, 0.4) is 0 Å². The smallest absolute Gasteiger partial charge is 0.248 e. The Morgan fingerprint density at radius 1 is 1.16 bits per heavy atom. The van der Waals surface area contributed by atoms with Gasteiger partial charge in [-0.2, -0.15) is 4.31 Å². The molecule has 1 unspecified atom stereocenters. The highest BCUT2D eigenvalue weighted by Crippen LogP contribution is 2.40. The molecule has 0 spiro atoms. The number of carbonyl (C=O) groups is 1. The van der Waals surface area contributed by atoms with E-state index >= 15 is 0 Å². The average Bonchev–Trinajstić information content (AvgIpc) is 3.53. The average molecular weight is 532 g/mol. The van der Waals surface area contributed by atoms with Crippen molar-refractivity contribution in [3.05, 3.63) is 60.4 Å². The summed E-state index contributed by atoms with van der Waals surface area (Å²) in [6.45, 7) is 0.299. The van der Waals surface area contributed by atoms with Crippen LogP contribution in [-0.4, -0.2) is 45.6 Å². The van der Waals surface area contributed by atoms with Gasteiger partial charge in [-0.25, -0.2) is 17.8 Å². The fourth-order valence-electron chi connectivity index (χ4n) is 5.55. The maximum absolute atomic E-state index is 14.1. The first-order valence-electron chi connectivity index (χ1n) is 12.5. The third-order valence-electron chi connectivity index (χ3n) is 7.61. The fourth-order valence-corrected chi connectivity index (χ4v) is 7.43. The van der Waals surface area contributed by atoms with Crippen molar-refractivity contribution >= 4 is 26.8 Å². The van der Waals surface area contributed by atoms with Crippen LogP contribution in [0.1, 0.15) is 44.1 Å². The van der Waals surface area contributed by atoms with Crippen LogP contribution in [0.5, 0.6) is 5.75 Å². The summed E-state index contributed by atoms with van der Waals surface area (Å²) in [6.07, 6.45) is 2.59. The van der Waals surface area contributed by atoms with Gasteiger partial charge >= 0.3 is 0 Å². The summed E-state index contributed by atoms with van der Waals surface area (Å²) >= 11 is 0. The van der Waals surface area contributed by atoms with Crippen LogP contribution in [0.2, 0.25) is 0 Å². The largest absolute Gasteiger partial charge is 0.497 e. The number of benzene rings is 2. The first kappa shape index (κ1) is 25.7. The third kappa shape index (κ3) is 4.96. The number of fused-ring (bicyclic) bond motifs is 1. The molecular weight excluding hydrogens is 500 g/mol. The van der Waals surface area contributed by atoms with E-state index in [0.29, 0.717) is 30.7 Å². The molecule has 1 aliphatic carbocycles. The molecular formula is C27H31F2N3O4S. The predicted molar refractivity (Wildman–Crippen MR) is 136 cm³/mol. The Morgan fingerprint density at radius 3 is 2.59 bits per heavy atom. The minimum Gasteiger partial charge on any atom is -0.497 e. The first-order chi connectivity index (χ1) is 17.6. The van der Waals surface area contributed by atoms with Gasteiger partial charge in [0.2, 0.25) is 11.8 Å². The quantitative estimate of drug-likeness (QED) is 0.419. The number of halogens is 2. The normalized spacial score (nSPS) is 24.1. The summed E-state index contributed by atoms with van der Waals surface area (Å²) < 4.78 is 62.8. The van der Waals surface area contributed by atoms with Crippen molar-refractivity contribution in [3.8, 4) is 5.75 Å². The van der Waals surface area contributed by atoms with Gasteiger partial charge in [-0.1, -0.05) is 12.1 Å². The van der Waals surface area contributed by atoms with Gasteiger partial charge in [0.1, 0.15) is 26.8 Å². The highest BCUT2D eigenvalue weighted by Gasteiger charge is 2.52. The number of alkyl halides is 2. The molecule has 2 aliphatic rings. The molecule has 1 saturated carbocycles. The number of hydrogen-bond acceptors (Lipinski definition) is 5. The molecule has 2 heterocycles. The monoisotopic (exact) mass is 531 g/mol. The molecule has 2 aromatic carbocycles. The van der Waals surface area contributed by atoms with Gasteiger partial charge in [0.15, 0.2) is 0 Å². The lowest BCUT2D eigenvalue weighted by molar-refractivity contribution is -0.131. The van der Waals surface area contributed by atoms with Gasteiger partial charge in [-0.05, 0) is 67.6 Å². The minimum absolute atomic E-state index is 0.182. The summed E-state index contributed by atoms with van der Waals surface area (Å²) in [4.78, 5) is 14.3. The van der Waals surface area contributed by atoms with Crippen LogP contribution in [-0.2, 0) is 21.1 Å². The van der Waals surface area contributed by atoms with E-state index in [1.165, 1.54) is 11.4 Å². The maximum atomic E-state index is 14.1. The standard InChI is InChI=1S/C27H31F2N3O4S/c1-35-22-5-7-23(8-6-22)37(30,34)32-15-2-12-26(32,18-19-3-4-20-11-16-36-24(20)17-19)25(33)31-21-9-13-27(28,29)14-10-21/h3-8,11,16-17,21,30H,2,9-10,12-15,18H2,1H3,(H,31,33)/t26?,37-/m0/s1. The number of nitrogens with zero attached hydrogens (tertiary/aromatic N) is 1. The van der Waals surface area contributed by atoms with Crippen molar-refractivity contribution < 1.29 is 26.9 Å². The van der Waals surface area contributed by atoms with Crippen LogP contribution in [0, 0.1) is 4.78 Å². The van der Waals surface area contributed by atoms with Crippen molar-refractivity contribution in [1.29, 1.82) is 4.78 Å². The highest BCUT2D eigenvalue weighted by molar-refractivity contribution is 7.90. The lowest BCUT2D eigenvalue weighted by Crippen LogP contribution is -2.60. The van der Waals surface area contributed by atoms with Gasteiger partial charge in [-0.15, -0.1) is 0 Å². The van der Waals surface area contributed by atoms with E-state index < -0.39 is 21.4 Å². The zero-order valence-corrected chi connectivity index (χ0v) is 21.5. The Labute approximate surface area is 215 Å². The number of carbonyl (C=O) groups excluding carboxylic acids is 1. The van der Waals surface area contributed by atoms with E-state index in [1.54, 1.807) is 30.5 Å². The molecule has 5 rings (SSSR count). The van der Waals surface area contributed by atoms with E-state index in [1.807, 2.05) is 24.3 Å². The lowest BCUT2D eigenvalue weighted by atomic mass is 9.86. The van der Waals surface area contributed by atoms with Crippen molar-refractivity contribution in [2.24, 2.45) is 0 Å². The summed E-state index contributed by atoms with van der Waals surface area (Å²) in [6, 6.07) is 13.6. The Morgan fingerprint density at radius 2 is 1.89 bits per heavy atom. The zero-order valence-electron chi connectivity index (χ0n) is 20.7. The van der Waals surface area contributed by atoms with E-state index in [9.17, 15) is 17.8 Å². The molecule has 7 nitrogen and oxygen atoms in total. The van der Waals surface area contributed by atoms with Crippen molar-refractivity contribution in [2.45, 2.75) is 67.3 Å². The Balaban J connectivity index is 1.50.